The standard InChI is InChI=1S/C30H35N3O6S/c1-6-37-29(35)26-19(4)31-30-33(27(26)20-10-12-22(38-18(2)3)23(16-20)36-5)28(34)24(40-30)17-21-11-13-25(39-21)32-14-8-7-9-15-32/h10-13,16-18,27H,6-9,14-15H2,1-5H3/b24-17-/t27-/m1/s1. The van der Waals surface area contributed by atoms with Crippen molar-refractivity contribution in [2.24, 2.45) is 4.99 Å². The van der Waals surface area contributed by atoms with Gasteiger partial charge in [0.05, 0.1) is 41.7 Å². The number of rotatable bonds is 8. The van der Waals surface area contributed by atoms with E-state index >= 15 is 0 Å². The summed E-state index contributed by atoms with van der Waals surface area (Å²) < 4.78 is 25.0. The van der Waals surface area contributed by atoms with Gasteiger partial charge in [-0.1, -0.05) is 17.4 Å². The van der Waals surface area contributed by atoms with Crippen LogP contribution >= 0.6 is 11.3 Å². The summed E-state index contributed by atoms with van der Waals surface area (Å²) in [5.41, 5.74) is 1.23. The molecule has 1 atom stereocenters. The summed E-state index contributed by atoms with van der Waals surface area (Å²) in [6, 6.07) is 8.53. The van der Waals surface area contributed by atoms with E-state index in [1.165, 1.54) is 17.8 Å². The molecule has 1 aromatic carbocycles. The molecular weight excluding hydrogens is 530 g/mol. The number of piperidine rings is 1. The SMILES string of the molecule is CCOC(=O)C1=C(C)N=c2s/c(=C\c3ccc(N4CCCCC4)o3)c(=O)n2[C@@H]1c1ccc(OC(C)C)c(OC)c1. The van der Waals surface area contributed by atoms with Crippen molar-refractivity contribution in [3.05, 3.63) is 72.6 Å². The number of benzene rings is 1. The average molecular weight is 566 g/mol. The van der Waals surface area contributed by atoms with Crippen molar-refractivity contribution in [3.63, 3.8) is 0 Å². The van der Waals surface area contributed by atoms with Crippen molar-refractivity contribution in [2.75, 3.05) is 31.7 Å². The fourth-order valence-corrected chi connectivity index (χ4v) is 6.17. The number of methoxy groups -OCH3 is 1. The van der Waals surface area contributed by atoms with Gasteiger partial charge in [0.25, 0.3) is 5.56 Å². The molecule has 0 aliphatic carbocycles. The summed E-state index contributed by atoms with van der Waals surface area (Å²) in [5.74, 6) is 1.98. The molecule has 0 radical (unpaired) electrons. The number of fused-ring (bicyclic) bond motifs is 1. The smallest absolute Gasteiger partial charge is 0.338 e. The second kappa shape index (κ2) is 11.8. The molecule has 2 aromatic heterocycles. The number of esters is 1. The van der Waals surface area contributed by atoms with E-state index in [-0.39, 0.29) is 18.3 Å². The Bertz CT molecular complexity index is 1610. The van der Waals surface area contributed by atoms with Gasteiger partial charge in [-0.25, -0.2) is 9.79 Å². The molecular formula is C30H35N3O6S. The molecule has 212 valence electrons. The molecule has 9 nitrogen and oxygen atoms in total. The molecule has 1 fully saturated rings. The molecule has 3 aromatic rings. The van der Waals surface area contributed by atoms with Crippen LogP contribution in [0.2, 0.25) is 0 Å². The van der Waals surface area contributed by atoms with Crippen LogP contribution in [0.3, 0.4) is 0 Å². The highest BCUT2D eigenvalue weighted by Gasteiger charge is 2.34. The van der Waals surface area contributed by atoms with Gasteiger partial charge in [-0.15, -0.1) is 0 Å². The number of nitrogens with zero attached hydrogens (tertiary/aromatic N) is 3. The van der Waals surface area contributed by atoms with Crippen molar-refractivity contribution in [1.29, 1.82) is 0 Å². The number of furan rings is 1. The Hall–Kier alpha value is -3.79. The van der Waals surface area contributed by atoms with Gasteiger partial charge in [0, 0.05) is 25.2 Å². The first kappa shape index (κ1) is 27.8. The molecule has 0 unspecified atom stereocenters. The average Bonchev–Trinajstić information content (AvgIpc) is 3.53. The third-order valence-corrected chi connectivity index (χ3v) is 7.92. The fourth-order valence-electron chi connectivity index (χ4n) is 5.15. The van der Waals surface area contributed by atoms with Crippen LogP contribution in [0, 0.1) is 0 Å². The molecule has 40 heavy (non-hydrogen) atoms. The van der Waals surface area contributed by atoms with Gasteiger partial charge >= 0.3 is 5.97 Å². The molecule has 0 N–H and O–H groups in total. The number of hydrogen-bond donors (Lipinski definition) is 0. The van der Waals surface area contributed by atoms with E-state index < -0.39 is 12.0 Å². The first-order valence-corrected chi connectivity index (χ1v) is 14.5. The summed E-state index contributed by atoms with van der Waals surface area (Å²) in [7, 11) is 1.56. The van der Waals surface area contributed by atoms with E-state index in [0.717, 1.165) is 31.8 Å². The van der Waals surface area contributed by atoms with Crippen molar-refractivity contribution in [1.82, 2.24) is 4.57 Å². The summed E-state index contributed by atoms with van der Waals surface area (Å²) in [6.45, 7) is 9.53. The van der Waals surface area contributed by atoms with E-state index in [2.05, 4.69) is 9.89 Å². The van der Waals surface area contributed by atoms with E-state index in [1.807, 2.05) is 32.0 Å². The molecule has 4 heterocycles. The molecule has 10 heteroatoms. The first-order valence-electron chi connectivity index (χ1n) is 13.7. The zero-order valence-electron chi connectivity index (χ0n) is 23.6. The lowest BCUT2D eigenvalue weighted by Gasteiger charge is -2.25. The number of carbonyl (C=O) groups is 1. The summed E-state index contributed by atoms with van der Waals surface area (Å²) in [4.78, 5) is 34.5. The summed E-state index contributed by atoms with van der Waals surface area (Å²) in [5, 5.41) is 0. The van der Waals surface area contributed by atoms with Gasteiger partial charge in [-0.05, 0) is 70.7 Å². The van der Waals surface area contributed by atoms with E-state index in [4.69, 9.17) is 18.6 Å². The minimum absolute atomic E-state index is 0.0494. The Labute approximate surface area is 237 Å². The normalized spacial score (nSPS) is 17.6. The number of allylic oxidation sites excluding steroid dienone is 1. The van der Waals surface area contributed by atoms with E-state index in [1.54, 1.807) is 43.7 Å². The Balaban J connectivity index is 1.62. The van der Waals surface area contributed by atoms with Crippen LogP contribution < -0.4 is 29.3 Å². The Morgan fingerprint density at radius 3 is 2.65 bits per heavy atom. The number of hydrogen-bond acceptors (Lipinski definition) is 9. The largest absolute Gasteiger partial charge is 0.493 e. The third kappa shape index (κ3) is 5.45. The van der Waals surface area contributed by atoms with Gasteiger partial charge in [0.2, 0.25) is 0 Å². The summed E-state index contributed by atoms with van der Waals surface area (Å²) in [6.07, 6.45) is 5.22. The quantitative estimate of drug-likeness (QED) is 0.378. The van der Waals surface area contributed by atoms with Crippen molar-refractivity contribution in [3.8, 4) is 11.5 Å². The highest BCUT2D eigenvalue weighted by atomic mass is 32.1. The topological polar surface area (TPSA) is 95.5 Å². The van der Waals surface area contributed by atoms with Crippen molar-refractivity contribution < 1.29 is 23.4 Å². The number of ether oxygens (including phenoxy) is 3. The van der Waals surface area contributed by atoms with Gasteiger partial charge in [0.1, 0.15) is 5.76 Å². The maximum Gasteiger partial charge on any atom is 0.338 e. The lowest BCUT2D eigenvalue weighted by molar-refractivity contribution is -0.139. The molecule has 2 aliphatic rings. The van der Waals surface area contributed by atoms with Gasteiger partial charge in [-0.3, -0.25) is 9.36 Å². The minimum atomic E-state index is -0.750. The monoisotopic (exact) mass is 565 g/mol. The molecule has 0 amide bonds. The number of thiazole rings is 1. The third-order valence-electron chi connectivity index (χ3n) is 6.94. The van der Waals surface area contributed by atoms with Crippen LogP contribution in [0.1, 0.15) is 64.3 Å². The van der Waals surface area contributed by atoms with Crippen molar-refractivity contribution in [2.45, 2.75) is 59.1 Å². The lowest BCUT2D eigenvalue weighted by Crippen LogP contribution is -2.40. The second-order valence-electron chi connectivity index (χ2n) is 10.1. The van der Waals surface area contributed by atoms with Gasteiger partial charge in [-0.2, -0.15) is 0 Å². The summed E-state index contributed by atoms with van der Waals surface area (Å²) >= 11 is 1.26. The molecule has 2 aliphatic heterocycles. The lowest BCUT2D eigenvalue weighted by atomic mass is 9.95. The molecule has 0 bridgehead atoms. The number of aromatic nitrogens is 1. The van der Waals surface area contributed by atoms with Gasteiger partial charge in [0.15, 0.2) is 22.2 Å². The zero-order chi connectivity index (χ0) is 28.4. The fraction of sp³-hybridized carbons (Fsp3) is 0.433. The Morgan fingerprint density at radius 1 is 1.18 bits per heavy atom. The highest BCUT2D eigenvalue weighted by Crippen LogP contribution is 2.36. The van der Waals surface area contributed by atoms with Gasteiger partial charge < -0.3 is 23.5 Å². The second-order valence-corrected chi connectivity index (χ2v) is 11.1. The van der Waals surface area contributed by atoms with E-state index in [0.29, 0.717) is 43.4 Å². The molecule has 0 spiro atoms. The van der Waals surface area contributed by atoms with Crippen LogP contribution in [0.15, 0.2) is 55.8 Å². The maximum absolute atomic E-state index is 13.9. The first-order chi connectivity index (χ1) is 19.3. The predicted octanol–water partition coefficient (Wildman–Crippen LogP) is 4.18. The van der Waals surface area contributed by atoms with Crippen LogP contribution in [0.5, 0.6) is 11.5 Å². The van der Waals surface area contributed by atoms with Crippen molar-refractivity contribution >= 4 is 29.3 Å². The minimum Gasteiger partial charge on any atom is -0.493 e. The predicted molar refractivity (Wildman–Crippen MR) is 154 cm³/mol. The molecule has 5 rings (SSSR count). The van der Waals surface area contributed by atoms with Crippen LogP contribution in [-0.2, 0) is 9.53 Å². The number of anilines is 1. The Morgan fingerprint density at radius 2 is 1.95 bits per heavy atom. The molecule has 1 saturated heterocycles. The highest BCUT2D eigenvalue weighted by molar-refractivity contribution is 7.07. The Kier molecular flexibility index (Phi) is 8.16. The van der Waals surface area contributed by atoms with Crippen LogP contribution in [0.25, 0.3) is 6.08 Å². The zero-order valence-corrected chi connectivity index (χ0v) is 24.4. The maximum atomic E-state index is 13.9. The number of carbonyl (C=O) groups excluding carboxylic acids is 1. The van der Waals surface area contributed by atoms with E-state index in [9.17, 15) is 9.59 Å². The molecule has 0 saturated carbocycles. The van der Waals surface area contributed by atoms with Crippen LogP contribution in [-0.4, -0.2) is 43.4 Å². The van der Waals surface area contributed by atoms with Crippen LogP contribution in [0.4, 0.5) is 5.88 Å².